The van der Waals surface area contributed by atoms with Crippen molar-refractivity contribution in [3.05, 3.63) is 33.8 Å². The molecule has 1 fully saturated rings. The molecule has 1 aliphatic heterocycles. The van der Waals surface area contributed by atoms with Crippen LogP contribution in [-0.2, 0) is 4.79 Å². The molecule has 1 atom stereocenters. The Labute approximate surface area is 158 Å². The molecule has 134 valence electrons. The third-order valence-corrected chi connectivity index (χ3v) is 4.44. The van der Waals surface area contributed by atoms with E-state index in [1.165, 1.54) is 0 Å². The molecule has 24 heavy (non-hydrogen) atoms. The number of carbonyl (C=O) groups excluding carboxylic acids is 2. The van der Waals surface area contributed by atoms with Gasteiger partial charge in [-0.2, -0.15) is 0 Å². The summed E-state index contributed by atoms with van der Waals surface area (Å²) >= 11 is 12.1. The van der Waals surface area contributed by atoms with Crippen LogP contribution in [0.2, 0.25) is 10.0 Å². The third kappa shape index (κ3) is 5.24. The van der Waals surface area contributed by atoms with Crippen LogP contribution in [0.4, 0.5) is 0 Å². The monoisotopic (exact) mass is 393 g/mol. The molecular weight excluding hydrogens is 373 g/mol. The van der Waals surface area contributed by atoms with E-state index in [-0.39, 0.29) is 24.2 Å². The van der Waals surface area contributed by atoms with Crippen molar-refractivity contribution in [2.45, 2.75) is 25.3 Å². The maximum absolute atomic E-state index is 12.7. The maximum Gasteiger partial charge on any atom is 0.256 e. The van der Waals surface area contributed by atoms with E-state index in [1.54, 1.807) is 23.1 Å². The summed E-state index contributed by atoms with van der Waals surface area (Å²) in [5.74, 6) is -0.351. The minimum absolute atomic E-state index is 0. The minimum Gasteiger partial charge on any atom is -0.354 e. The van der Waals surface area contributed by atoms with Crippen LogP contribution in [0, 0.1) is 0 Å². The molecule has 2 amide bonds. The molecule has 0 saturated carbocycles. The van der Waals surface area contributed by atoms with E-state index >= 15 is 0 Å². The van der Waals surface area contributed by atoms with E-state index in [9.17, 15) is 9.59 Å². The second kappa shape index (κ2) is 10.1. The summed E-state index contributed by atoms with van der Waals surface area (Å²) in [6, 6.07) is 4.34. The van der Waals surface area contributed by atoms with Crippen LogP contribution in [0.15, 0.2) is 18.2 Å². The van der Waals surface area contributed by atoms with Gasteiger partial charge in [0, 0.05) is 18.1 Å². The molecule has 1 aromatic carbocycles. The van der Waals surface area contributed by atoms with Gasteiger partial charge in [-0.25, -0.2) is 0 Å². The van der Waals surface area contributed by atoms with Crippen molar-refractivity contribution in [2.24, 2.45) is 0 Å². The Balaban J connectivity index is 0.00000288. The van der Waals surface area contributed by atoms with Crippen LogP contribution in [0.3, 0.4) is 0 Å². The molecule has 2 rings (SSSR count). The van der Waals surface area contributed by atoms with Gasteiger partial charge in [0.25, 0.3) is 5.91 Å². The molecule has 0 aliphatic carbocycles. The van der Waals surface area contributed by atoms with Gasteiger partial charge in [-0.05, 0) is 51.1 Å². The number of nitrogens with one attached hydrogen (secondary N) is 2. The van der Waals surface area contributed by atoms with Crippen LogP contribution in [0.1, 0.15) is 29.6 Å². The molecule has 0 spiro atoms. The van der Waals surface area contributed by atoms with Crippen LogP contribution in [0.25, 0.3) is 0 Å². The van der Waals surface area contributed by atoms with Crippen molar-refractivity contribution in [1.82, 2.24) is 15.5 Å². The molecule has 0 aromatic heterocycles. The van der Waals surface area contributed by atoms with Gasteiger partial charge in [-0.15, -0.1) is 12.4 Å². The van der Waals surface area contributed by atoms with Gasteiger partial charge in [-0.1, -0.05) is 23.2 Å². The van der Waals surface area contributed by atoms with Crippen LogP contribution in [-0.4, -0.2) is 49.4 Å². The fourth-order valence-electron chi connectivity index (χ4n) is 2.69. The van der Waals surface area contributed by atoms with Crippen molar-refractivity contribution in [1.29, 1.82) is 0 Å². The van der Waals surface area contributed by atoms with Crippen molar-refractivity contribution < 1.29 is 9.59 Å². The summed E-state index contributed by atoms with van der Waals surface area (Å²) in [5, 5.41) is 6.71. The predicted molar refractivity (Wildman–Crippen MR) is 99.3 cm³/mol. The van der Waals surface area contributed by atoms with E-state index in [4.69, 9.17) is 23.2 Å². The summed E-state index contributed by atoms with van der Waals surface area (Å²) in [7, 11) is 1.87. The first-order valence-corrected chi connectivity index (χ1v) is 8.48. The maximum atomic E-state index is 12.7. The first kappa shape index (κ1) is 21.0. The van der Waals surface area contributed by atoms with E-state index in [0.717, 1.165) is 19.4 Å². The van der Waals surface area contributed by atoms with E-state index in [1.807, 2.05) is 7.05 Å². The number of nitrogens with zero attached hydrogens (tertiary/aromatic N) is 1. The first-order chi connectivity index (χ1) is 11.0. The summed E-state index contributed by atoms with van der Waals surface area (Å²) in [6.07, 6.45) is 2.32. The van der Waals surface area contributed by atoms with Crippen LogP contribution >= 0.6 is 35.6 Å². The lowest BCUT2D eigenvalue weighted by atomic mass is 10.1. The molecule has 8 heteroatoms. The number of carbonyl (C=O) groups is 2. The number of benzene rings is 1. The minimum atomic E-state index is -0.438. The lowest BCUT2D eigenvalue weighted by Crippen LogP contribution is -2.46. The summed E-state index contributed by atoms with van der Waals surface area (Å²) in [4.78, 5) is 26.6. The van der Waals surface area contributed by atoms with E-state index in [0.29, 0.717) is 35.1 Å². The number of halogens is 3. The Hall–Kier alpha value is -1.01. The smallest absolute Gasteiger partial charge is 0.256 e. The lowest BCUT2D eigenvalue weighted by Gasteiger charge is -2.24. The summed E-state index contributed by atoms with van der Waals surface area (Å²) < 4.78 is 0. The average molecular weight is 395 g/mol. The zero-order valence-electron chi connectivity index (χ0n) is 13.5. The van der Waals surface area contributed by atoms with Crippen molar-refractivity contribution in [2.75, 3.05) is 26.7 Å². The molecule has 1 aromatic rings. The van der Waals surface area contributed by atoms with E-state index < -0.39 is 6.04 Å². The molecule has 1 saturated heterocycles. The van der Waals surface area contributed by atoms with Gasteiger partial charge in [0.15, 0.2) is 0 Å². The van der Waals surface area contributed by atoms with Gasteiger partial charge in [0.1, 0.15) is 6.04 Å². The fraction of sp³-hybridized carbons (Fsp3) is 0.500. The van der Waals surface area contributed by atoms with E-state index in [2.05, 4.69) is 10.6 Å². The third-order valence-electron chi connectivity index (χ3n) is 3.88. The zero-order valence-corrected chi connectivity index (χ0v) is 15.8. The fourth-order valence-corrected chi connectivity index (χ4v) is 3.06. The van der Waals surface area contributed by atoms with Crippen molar-refractivity contribution >= 4 is 47.4 Å². The number of hydrogen-bond acceptors (Lipinski definition) is 3. The first-order valence-electron chi connectivity index (χ1n) is 7.73. The molecule has 2 N–H and O–H groups in total. The highest BCUT2D eigenvalue weighted by molar-refractivity contribution is 6.35. The largest absolute Gasteiger partial charge is 0.354 e. The highest BCUT2D eigenvalue weighted by Gasteiger charge is 2.35. The quantitative estimate of drug-likeness (QED) is 0.729. The molecule has 5 nitrogen and oxygen atoms in total. The van der Waals surface area contributed by atoms with Gasteiger partial charge < -0.3 is 15.5 Å². The Kier molecular flexibility index (Phi) is 8.84. The SMILES string of the molecule is CNCCCNC(=O)C1CCCN1C(=O)c1cc(Cl)ccc1Cl.Cl. The van der Waals surface area contributed by atoms with Gasteiger partial charge in [0.05, 0.1) is 10.6 Å². The van der Waals surface area contributed by atoms with Crippen LogP contribution < -0.4 is 10.6 Å². The number of rotatable bonds is 6. The van der Waals surface area contributed by atoms with Gasteiger partial charge >= 0.3 is 0 Å². The standard InChI is InChI=1S/C16H21Cl2N3O2.ClH/c1-19-7-3-8-20-15(22)14-4-2-9-21(14)16(23)12-10-11(17)5-6-13(12)18;/h5-6,10,14,19H,2-4,7-9H2,1H3,(H,20,22);1H. The highest BCUT2D eigenvalue weighted by atomic mass is 35.5. The molecule has 0 radical (unpaired) electrons. The summed E-state index contributed by atoms with van der Waals surface area (Å²) in [5.41, 5.74) is 0.342. The topological polar surface area (TPSA) is 61.4 Å². The van der Waals surface area contributed by atoms with Crippen LogP contribution in [0.5, 0.6) is 0 Å². The van der Waals surface area contributed by atoms with Gasteiger partial charge in [0.2, 0.25) is 5.91 Å². The Morgan fingerprint density at radius 1 is 1.29 bits per heavy atom. The van der Waals surface area contributed by atoms with Crippen molar-refractivity contribution in [3.8, 4) is 0 Å². The molecular formula is C16H22Cl3N3O2. The second-order valence-corrected chi connectivity index (χ2v) is 6.37. The molecule has 1 heterocycles. The van der Waals surface area contributed by atoms with Gasteiger partial charge in [-0.3, -0.25) is 9.59 Å². The molecule has 1 aliphatic rings. The molecule has 1 unspecified atom stereocenters. The molecule has 0 bridgehead atoms. The normalized spacial score (nSPS) is 16.6. The second-order valence-electron chi connectivity index (χ2n) is 5.53. The highest BCUT2D eigenvalue weighted by Crippen LogP contribution is 2.26. The Morgan fingerprint density at radius 3 is 2.75 bits per heavy atom. The predicted octanol–water partition coefficient (Wildman–Crippen LogP) is 2.75. The Morgan fingerprint density at radius 2 is 2.04 bits per heavy atom. The number of amides is 2. The van der Waals surface area contributed by atoms with Crippen molar-refractivity contribution in [3.63, 3.8) is 0 Å². The zero-order chi connectivity index (χ0) is 16.8. The number of hydrogen-bond donors (Lipinski definition) is 2. The average Bonchev–Trinajstić information content (AvgIpc) is 3.02. The number of likely N-dealkylation sites (tertiary alicyclic amines) is 1. The lowest BCUT2D eigenvalue weighted by molar-refractivity contribution is -0.124. The Bertz CT molecular complexity index is 584. The summed E-state index contributed by atoms with van der Waals surface area (Å²) in [6.45, 7) is 1.98.